The third kappa shape index (κ3) is 2.35. The standard InChI is InChI=1S/C18H18S/c1-12(2)13(3)14-8-9-18-16(10-14)11-15-6-4-5-7-17(15)19-18/h4-10,12H,3,11H2,1-2H3. The van der Waals surface area contributed by atoms with Crippen molar-refractivity contribution in [2.45, 2.75) is 30.1 Å². The van der Waals surface area contributed by atoms with Gasteiger partial charge in [-0.3, -0.25) is 0 Å². The first-order chi connectivity index (χ1) is 9.15. The molecule has 1 heteroatoms. The van der Waals surface area contributed by atoms with E-state index in [1.54, 1.807) is 0 Å². The smallest absolute Gasteiger partial charge is 0.0158 e. The molecule has 0 aliphatic carbocycles. The Labute approximate surface area is 119 Å². The van der Waals surface area contributed by atoms with Crippen LogP contribution in [0.3, 0.4) is 0 Å². The molecule has 0 atom stereocenters. The van der Waals surface area contributed by atoms with Gasteiger partial charge in [0.05, 0.1) is 0 Å². The highest BCUT2D eigenvalue weighted by atomic mass is 32.2. The van der Waals surface area contributed by atoms with Crippen LogP contribution in [0.2, 0.25) is 0 Å². The summed E-state index contributed by atoms with van der Waals surface area (Å²) < 4.78 is 0. The number of benzene rings is 2. The molecule has 2 aromatic carbocycles. The molecule has 96 valence electrons. The molecule has 0 spiro atoms. The molecule has 0 amide bonds. The van der Waals surface area contributed by atoms with E-state index in [0.717, 1.165) is 6.42 Å². The fourth-order valence-electron chi connectivity index (χ4n) is 2.42. The van der Waals surface area contributed by atoms with E-state index in [2.05, 4.69) is 62.9 Å². The van der Waals surface area contributed by atoms with E-state index in [9.17, 15) is 0 Å². The maximum atomic E-state index is 4.21. The van der Waals surface area contributed by atoms with Gasteiger partial charge in [0.1, 0.15) is 0 Å². The van der Waals surface area contributed by atoms with Gasteiger partial charge in [-0.25, -0.2) is 0 Å². The van der Waals surface area contributed by atoms with Gasteiger partial charge in [0.2, 0.25) is 0 Å². The Bertz CT molecular complexity index is 638. The molecule has 1 aliphatic rings. The summed E-state index contributed by atoms with van der Waals surface area (Å²) in [6.45, 7) is 8.61. The first-order valence-electron chi connectivity index (χ1n) is 6.73. The third-order valence-electron chi connectivity index (χ3n) is 3.70. The molecule has 0 bridgehead atoms. The predicted molar refractivity (Wildman–Crippen MR) is 83.7 cm³/mol. The van der Waals surface area contributed by atoms with Crippen molar-refractivity contribution in [3.8, 4) is 0 Å². The molecule has 19 heavy (non-hydrogen) atoms. The Hall–Kier alpha value is -1.47. The zero-order valence-electron chi connectivity index (χ0n) is 11.4. The van der Waals surface area contributed by atoms with Crippen LogP contribution in [-0.2, 0) is 6.42 Å². The van der Waals surface area contributed by atoms with E-state index in [4.69, 9.17) is 0 Å². The van der Waals surface area contributed by atoms with Crippen LogP contribution in [0.5, 0.6) is 0 Å². The summed E-state index contributed by atoms with van der Waals surface area (Å²) in [5, 5.41) is 0. The third-order valence-corrected chi connectivity index (χ3v) is 4.94. The minimum absolute atomic E-state index is 0.501. The molecule has 2 aromatic rings. The second kappa shape index (κ2) is 4.90. The van der Waals surface area contributed by atoms with Crippen LogP contribution in [0.1, 0.15) is 30.5 Å². The van der Waals surface area contributed by atoms with Gasteiger partial charge in [-0.1, -0.05) is 62.5 Å². The van der Waals surface area contributed by atoms with Crippen molar-refractivity contribution in [1.82, 2.24) is 0 Å². The van der Waals surface area contributed by atoms with E-state index in [0.29, 0.717) is 5.92 Å². The van der Waals surface area contributed by atoms with Crippen LogP contribution in [0.4, 0.5) is 0 Å². The molecular weight excluding hydrogens is 248 g/mol. The van der Waals surface area contributed by atoms with E-state index in [1.807, 2.05) is 11.8 Å². The molecule has 0 nitrogen and oxygen atoms in total. The van der Waals surface area contributed by atoms with Crippen molar-refractivity contribution in [2.24, 2.45) is 5.92 Å². The van der Waals surface area contributed by atoms with Gasteiger partial charge in [0, 0.05) is 9.79 Å². The number of hydrogen-bond donors (Lipinski definition) is 0. The molecule has 0 saturated carbocycles. The fraction of sp³-hybridized carbons (Fsp3) is 0.222. The molecular formula is C18H18S. The van der Waals surface area contributed by atoms with Crippen molar-refractivity contribution >= 4 is 17.3 Å². The van der Waals surface area contributed by atoms with E-state index in [1.165, 1.54) is 32.1 Å². The number of hydrogen-bond acceptors (Lipinski definition) is 1. The Balaban J connectivity index is 1.98. The molecule has 0 unspecified atom stereocenters. The summed E-state index contributed by atoms with van der Waals surface area (Å²) in [4.78, 5) is 2.78. The van der Waals surface area contributed by atoms with Crippen molar-refractivity contribution in [2.75, 3.05) is 0 Å². The van der Waals surface area contributed by atoms with Crippen LogP contribution >= 0.6 is 11.8 Å². The Morgan fingerprint density at radius 1 is 1.05 bits per heavy atom. The molecule has 0 N–H and O–H groups in total. The Kier molecular flexibility index (Phi) is 3.24. The maximum Gasteiger partial charge on any atom is 0.0158 e. The SMILES string of the molecule is C=C(c1ccc2c(c1)Cc1ccccc1S2)C(C)C. The van der Waals surface area contributed by atoms with E-state index in [-0.39, 0.29) is 0 Å². The van der Waals surface area contributed by atoms with Crippen LogP contribution < -0.4 is 0 Å². The molecule has 1 aliphatic heterocycles. The highest BCUT2D eigenvalue weighted by Crippen LogP contribution is 2.40. The van der Waals surface area contributed by atoms with Gasteiger partial charge < -0.3 is 0 Å². The summed E-state index contributed by atoms with van der Waals surface area (Å²) in [5.74, 6) is 0.501. The van der Waals surface area contributed by atoms with Crippen molar-refractivity contribution in [3.05, 3.63) is 65.7 Å². The lowest BCUT2D eigenvalue weighted by Gasteiger charge is -2.20. The van der Waals surface area contributed by atoms with Crippen LogP contribution in [0, 0.1) is 5.92 Å². The molecule has 0 fully saturated rings. The van der Waals surface area contributed by atoms with Gasteiger partial charge in [0.25, 0.3) is 0 Å². The largest absolute Gasteiger partial charge is 0.0950 e. The van der Waals surface area contributed by atoms with Gasteiger partial charge in [0.15, 0.2) is 0 Å². The summed E-state index contributed by atoms with van der Waals surface area (Å²) in [7, 11) is 0. The second-order valence-electron chi connectivity index (χ2n) is 5.39. The van der Waals surface area contributed by atoms with Gasteiger partial charge in [-0.05, 0) is 46.7 Å². The van der Waals surface area contributed by atoms with Crippen molar-refractivity contribution < 1.29 is 0 Å². The number of rotatable bonds is 2. The van der Waals surface area contributed by atoms with Crippen LogP contribution in [0.25, 0.3) is 5.57 Å². The highest BCUT2D eigenvalue weighted by molar-refractivity contribution is 7.99. The monoisotopic (exact) mass is 266 g/mol. The summed E-state index contributed by atoms with van der Waals surface area (Å²) >= 11 is 1.88. The minimum Gasteiger partial charge on any atom is -0.0950 e. The quantitative estimate of drug-likeness (QED) is 0.597. The lowest BCUT2D eigenvalue weighted by Crippen LogP contribution is -2.01. The van der Waals surface area contributed by atoms with Crippen molar-refractivity contribution in [1.29, 1.82) is 0 Å². The zero-order chi connectivity index (χ0) is 13.4. The first-order valence-corrected chi connectivity index (χ1v) is 7.54. The fourth-order valence-corrected chi connectivity index (χ4v) is 3.48. The normalized spacial score (nSPS) is 13.0. The molecule has 0 radical (unpaired) electrons. The number of allylic oxidation sites excluding steroid dienone is 1. The predicted octanol–water partition coefficient (Wildman–Crippen LogP) is 5.41. The molecule has 0 saturated heterocycles. The van der Waals surface area contributed by atoms with E-state index >= 15 is 0 Å². The summed E-state index contributed by atoms with van der Waals surface area (Å²) in [6.07, 6.45) is 1.04. The lowest BCUT2D eigenvalue weighted by molar-refractivity contribution is 0.856. The van der Waals surface area contributed by atoms with Gasteiger partial charge in [-0.15, -0.1) is 0 Å². The summed E-state index contributed by atoms with van der Waals surface area (Å²) in [5.41, 5.74) is 5.38. The summed E-state index contributed by atoms with van der Waals surface area (Å²) in [6, 6.07) is 15.5. The minimum atomic E-state index is 0.501. The van der Waals surface area contributed by atoms with Gasteiger partial charge in [-0.2, -0.15) is 0 Å². The zero-order valence-corrected chi connectivity index (χ0v) is 12.3. The molecule has 1 heterocycles. The van der Waals surface area contributed by atoms with Crippen LogP contribution in [0.15, 0.2) is 58.8 Å². The molecule has 3 rings (SSSR count). The topological polar surface area (TPSA) is 0 Å². The average Bonchev–Trinajstić information content (AvgIpc) is 2.43. The first kappa shape index (κ1) is 12.6. The maximum absolute atomic E-state index is 4.21. The Morgan fingerprint density at radius 2 is 1.79 bits per heavy atom. The van der Waals surface area contributed by atoms with Gasteiger partial charge >= 0.3 is 0 Å². The average molecular weight is 266 g/mol. The van der Waals surface area contributed by atoms with Crippen molar-refractivity contribution in [3.63, 3.8) is 0 Å². The molecule has 0 aromatic heterocycles. The highest BCUT2D eigenvalue weighted by Gasteiger charge is 2.16. The Morgan fingerprint density at radius 3 is 2.58 bits per heavy atom. The lowest BCUT2D eigenvalue weighted by atomic mass is 9.94. The van der Waals surface area contributed by atoms with E-state index < -0.39 is 0 Å². The number of fused-ring (bicyclic) bond motifs is 2. The second-order valence-corrected chi connectivity index (χ2v) is 6.47. The van der Waals surface area contributed by atoms with Crippen LogP contribution in [-0.4, -0.2) is 0 Å².